The van der Waals surface area contributed by atoms with Crippen LogP contribution in [-0.2, 0) is 14.2 Å². The van der Waals surface area contributed by atoms with Crippen molar-refractivity contribution in [3.05, 3.63) is 28.2 Å². The minimum atomic E-state index is -4.65. The molecule has 4 N–H and O–H groups in total. The van der Waals surface area contributed by atoms with Crippen LogP contribution in [0.15, 0.2) is 18.2 Å². The first kappa shape index (κ1) is 23.2. The summed E-state index contributed by atoms with van der Waals surface area (Å²) in [6.07, 6.45) is 2.36. The van der Waals surface area contributed by atoms with Crippen molar-refractivity contribution < 1.29 is 23.9 Å². The first-order valence-electron chi connectivity index (χ1n) is 9.09. The molecule has 0 aromatic heterocycles. The molecule has 0 heterocycles. The number of rotatable bonds is 9. The van der Waals surface area contributed by atoms with Crippen LogP contribution in [0.2, 0.25) is 10.0 Å². The lowest BCUT2D eigenvalue weighted by Crippen LogP contribution is -2.48. The molecule has 2 amide bonds. The highest BCUT2D eigenvalue weighted by atomic mass is 35.5. The fourth-order valence-corrected chi connectivity index (χ4v) is 4.21. The molecule has 1 aromatic carbocycles. The second kappa shape index (κ2) is 9.59. The Morgan fingerprint density at radius 2 is 1.82 bits per heavy atom. The quantitative estimate of drug-likeness (QED) is 0.426. The molecule has 28 heavy (non-hydrogen) atoms. The Labute approximate surface area is 174 Å². The molecule has 0 saturated heterocycles. The number of carbonyl (C=O) groups is 2. The summed E-state index contributed by atoms with van der Waals surface area (Å²) in [6, 6.07) is 3.73. The second-order valence-electron chi connectivity index (χ2n) is 7.59. The van der Waals surface area contributed by atoms with Crippen molar-refractivity contribution in [3.8, 4) is 0 Å². The molecule has 0 spiro atoms. The smallest absolute Gasteiger partial charge is 0.337 e. The van der Waals surface area contributed by atoms with E-state index in [1.807, 2.05) is 0 Å². The fourth-order valence-electron chi connectivity index (χ4n) is 2.83. The maximum atomic E-state index is 12.7. The minimum absolute atomic E-state index is 0.0284. The molecule has 1 saturated carbocycles. The zero-order valence-corrected chi connectivity index (χ0v) is 18.1. The second-order valence-corrected chi connectivity index (χ2v) is 10.2. The summed E-state index contributed by atoms with van der Waals surface area (Å²) >= 11 is 11.8. The molecular weight excluding hydrogens is 426 g/mol. The van der Waals surface area contributed by atoms with Gasteiger partial charge in [0.25, 0.3) is 0 Å². The Kier molecular flexibility index (Phi) is 7.94. The number of anilines is 1. The Bertz CT molecular complexity index is 779. The molecule has 1 unspecified atom stereocenters. The topological polar surface area (TPSA) is 116 Å². The van der Waals surface area contributed by atoms with Crippen LogP contribution in [0.4, 0.5) is 5.69 Å². The number of halogens is 2. The average molecular weight is 451 g/mol. The van der Waals surface area contributed by atoms with E-state index in [1.54, 1.807) is 26.0 Å². The monoisotopic (exact) mass is 450 g/mol. The van der Waals surface area contributed by atoms with Crippen LogP contribution in [0, 0.1) is 11.8 Å². The van der Waals surface area contributed by atoms with Crippen LogP contribution in [-0.4, -0.2) is 33.3 Å². The van der Waals surface area contributed by atoms with Crippen LogP contribution >= 0.6 is 30.8 Å². The molecular formula is C18H25Cl2N2O5P. The largest absolute Gasteiger partial charge is 0.343 e. The van der Waals surface area contributed by atoms with Gasteiger partial charge in [-0.2, -0.15) is 0 Å². The zero-order chi connectivity index (χ0) is 21.1. The summed E-state index contributed by atoms with van der Waals surface area (Å²) in [5.41, 5.74) is -1.06. The van der Waals surface area contributed by atoms with Gasteiger partial charge in [0.2, 0.25) is 11.8 Å². The molecule has 0 bridgehead atoms. The van der Waals surface area contributed by atoms with Crippen molar-refractivity contribution in [1.29, 1.82) is 0 Å². The molecule has 2 atom stereocenters. The molecule has 10 heteroatoms. The normalized spacial score (nSPS) is 16.5. The van der Waals surface area contributed by atoms with Gasteiger partial charge in [-0.3, -0.25) is 14.2 Å². The lowest BCUT2D eigenvalue weighted by molar-refractivity contribution is -0.126. The molecule has 1 aromatic rings. The van der Waals surface area contributed by atoms with Gasteiger partial charge in [-0.25, -0.2) is 0 Å². The summed E-state index contributed by atoms with van der Waals surface area (Å²) in [7, 11) is -4.65. The molecule has 1 aliphatic rings. The summed E-state index contributed by atoms with van der Waals surface area (Å²) in [6.45, 7) is 3.54. The Hall–Kier alpha value is -1.11. The SMILES string of the molecule is CC(C)CC(C(=O)N[C@@H](CC1CC1)C(=O)Nc1ccc(Cl)c(Cl)c1)P(=O)(O)O. The number of amides is 2. The standard InChI is InChI=1S/C18H25Cl2N2O5P/c1-10(2)7-16(28(25,26)27)18(24)22-15(8-11-3-4-11)17(23)21-12-5-6-13(19)14(20)9-12/h5-6,9-11,15-16H,3-4,7-8H2,1-2H3,(H,21,23)(H,22,24)(H2,25,26,27)/t15-,16?/m0/s1. The third-order valence-corrected chi connectivity index (χ3v) is 6.49. The number of carbonyl (C=O) groups excluding carboxylic acids is 2. The molecule has 156 valence electrons. The van der Waals surface area contributed by atoms with Gasteiger partial charge in [0.15, 0.2) is 0 Å². The Morgan fingerprint density at radius 3 is 2.32 bits per heavy atom. The Morgan fingerprint density at radius 1 is 1.18 bits per heavy atom. The van der Waals surface area contributed by atoms with Crippen LogP contribution in [0.5, 0.6) is 0 Å². The lowest BCUT2D eigenvalue weighted by atomic mass is 10.1. The van der Waals surface area contributed by atoms with Crippen LogP contribution in [0.1, 0.15) is 39.5 Å². The van der Waals surface area contributed by atoms with Gasteiger partial charge in [0.05, 0.1) is 10.0 Å². The third-order valence-electron chi connectivity index (χ3n) is 4.49. The zero-order valence-electron chi connectivity index (χ0n) is 15.7. The first-order valence-corrected chi connectivity index (χ1v) is 11.5. The molecule has 1 aliphatic carbocycles. The van der Waals surface area contributed by atoms with Gasteiger partial charge in [-0.05, 0) is 42.9 Å². The average Bonchev–Trinajstić information content (AvgIpc) is 3.38. The number of hydrogen-bond acceptors (Lipinski definition) is 3. The molecule has 7 nitrogen and oxygen atoms in total. The van der Waals surface area contributed by atoms with E-state index >= 15 is 0 Å². The number of benzene rings is 1. The van der Waals surface area contributed by atoms with Crippen molar-refractivity contribution >= 4 is 48.3 Å². The maximum absolute atomic E-state index is 12.7. The van der Waals surface area contributed by atoms with Crippen LogP contribution in [0.25, 0.3) is 0 Å². The van der Waals surface area contributed by atoms with Crippen LogP contribution in [0.3, 0.4) is 0 Å². The Balaban J connectivity index is 2.12. The van der Waals surface area contributed by atoms with Gasteiger partial charge in [0.1, 0.15) is 11.7 Å². The van der Waals surface area contributed by atoms with Gasteiger partial charge in [-0.15, -0.1) is 0 Å². The van der Waals surface area contributed by atoms with Crippen LogP contribution < -0.4 is 10.6 Å². The summed E-state index contributed by atoms with van der Waals surface area (Å²) in [4.78, 5) is 44.4. The molecule has 1 fully saturated rings. The van der Waals surface area contributed by atoms with Gasteiger partial charge in [0, 0.05) is 5.69 Å². The molecule has 2 rings (SSSR count). The summed E-state index contributed by atoms with van der Waals surface area (Å²) in [5, 5.41) is 5.85. The van der Waals surface area contributed by atoms with Gasteiger partial charge in [-0.1, -0.05) is 49.9 Å². The third kappa shape index (κ3) is 7.05. The van der Waals surface area contributed by atoms with E-state index in [4.69, 9.17) is 23.2 Å². The van der Waals surface area contributed by atoms with E-state index in [9.17, 15) is 23.9 Å². The maximum Gasteiger partial charge on any atom is 0.337 e. The predicted octanol–water partition coefficient (Wildman–Crippen LogP) is 3.81. The highest BCUT2D eigenvalue weighted by molar-refractivity contribution is 7.53. The lowest BCUT2D eigenvalue weighted by Gasteiger charge is -2.24. The fraction of sp³-hybridized carbons (Fsp3) is 0.556. The summed E-state index contributed by atoms with van der Waals surface area (Å²) in [5.74, 6) is -1.05. The van der Waals surface area contributed by atoms with Crippen molar-refractivity contribution in [2.75, 3.05) is 5.32 Å². The van der Waals surface area contributed by atoms with Gasteiger partial charge < -0.3 is 20.4 Å². The molecule has 0 aliphatic heterocycles. The van der Waals surface area contributed by atoms with E-state index < -0.39 is 31.1 Å². The highest BCUT2D eigenvalue weighted by Gasteiger charge is 2.39. The molecule has 0 radical (unpaired) electrons. The van der Waals surface area contributed by atoms with Crippen molar-refractivity contribution in [2.45, 2.75) is 51.2 Å². The van der Waals surface area contributed by atoms with Crippen molar-refractivity contribution in [1.82, 2.24) is 5.32 Å². The summed E-state index contributed by atoms with van der Waals surface area (Å²) < 4.78 is 11.8. The van der Waals surface area contributed by atoms with E-state index in [0.29, 0.717) is 23.0 Å². The van der Waals surface area contributed by atoms with Crippen molar-refractivity contribution in [2.24, 2.45) is 11.8 Å². The predicted molar refractivity (Wildman–Crippen MR) is 110 cm³/mol. The first-order chi connectivity index (χ1) is 13.0. The highest BCUT2D eigenvalue weighted by Crippen LogP contribution is 2.44. The number of hydrogen-bond donors (Lipinski definition) is 4. The minimum Gasteiger partial charge on any atom is -0.343 e. The van der Waals surface area contributed by atoms with Gasteiger partial charge >= 0.3 is 7.60 Å². The number of nitrogens with one attached hydrogen (secondary N) is 2. The van der Waals surface area contributed by atoms with E-state index in [0.717, 1.165) is 12.8 Å². The van der Waals surface area contributed by atoms with E-state index in [-0.39, 0.29) is 17.4 Å². The van der Waals surface area contributed by atoms with Crippen molar-refractivity contribution in [3.63, 3.8) is 0 Å². The van der Waals surface area contributed by atoms with E-state index in [2.05, 4.69) is 10.6 Å². The van der Waals surface area contributed by atoms with E-state index in [1.165, 1.54) is 6.07 Å².